The molecule has 7 heteroatoms. The largest absolute Gasteiger partial charge is 0.416 e. The Balaban J connectivity index is 0.00000264. The molecule has 0 saturated heterocycles. The van der Waals surface area contributed by atoms with Crippen LogP contribution in [-0.2, 0) is 16.5 Å². The van der Waals surface area contributed by atoms with Gasteiger partial charge in [0.2, 0.25) is 5.91 Å². The van der Waals surface area contributed by atoms with Gasteiger partial charge in [-0.1, -0.05) is 19.1 Å². The maximum absolute atomic E-state index is 12.9. The van der Waals surface area contributed by atoms with E-state index in [0.29, 0.717) is 18.4 Å². The summed E-state index contributed by atoms with van der Waals surface area (Å²) in [6.45, 7) is 3.46. The summed E-state index contributed by atoms with van der Waals surface area (Å²) in [7, 11) is 0. The van der Waals surface area contributed by atoms with Gasteiger partial charge in [-0.2, -0.15) is 13.2 Å². The summed E-state index contributed by atoms with van der Waals surface area (Å²) in [6.07, 6.45) is -2.22. The van der Waals surface area contributed by atoms with Gasteiger partial charge >= 0.3 is 6.18 Å². The Morgan fingerprint density at radius 1 is 1.30 bits per heavy atom. The fourth-order valence-electron chi connectivity index (χ4n) is 2.60. The lowest BCUT2D eigenvalue weighted by Crippen LogP contribution is -2.54. The summed E-state index contributed by atoms with van der Waals surface area (Å²) in [5.74, 6) is -0.601. The monoisotopic (exact) mass is 350 g/mol. The molecule has 2 atom stereocenters. The smallest absolute Gasteiger partial charge is 0.346 e. The van der Waals surface area contributed by atoms with E-state index < -0.39 is 17.3 Å². The zero-order valence-corrected chi connectivity index (χ0v) is 13.9. The topological polar surface area (TPSA) is 55.1 Å². The maximum Gasteiger partial charge on any atom is 0.416 e. The van der Waals surface area contributed by atoms with E-state index in [0.717, 1.165) is 18.6 Å². The zero-order valence-electron chi connectivity index (χ0n) is 13.1. The average Bonchev–Trinajstić information content (AvgIpc) is 2.40. The van der Waals surface area contributed by atoms with Crippen LogP contribution in [-0.4, -0.2) is 11.9 Å². The molecule has 3 N–H and O–H groups in total. The lowest BCUT2D eigenvalue weighted by atomic mass is 9.71. The van der Waals surface area contributed by atoms with Crippen LogP contribution in [0.2, 0.25) is 0 Å². The molecule has 23 heavy (non-hydrogen) atoms. The zero-order chi connectivity index (χ0) is 16.5. The minimum Gasteiger partial charge on any atom is -0.346 e. The van der Waals surface area contributed by atoms with Crippen molar-refractivity contribution in [1.82, 2.24) is 5.32 Å². The number of hydrogen-bond donors (Lipinski definition) is 2. The number of rotatable bonds is 4. The van der Waals surface area contributed by atoms with E-state index >= 15 is 0 Å². The molecule has 1 aromatic rings. The molecule has 0 aromatic heterocycles. The molecular weight excluding hydrogens is 329 g/mol. The Bertz CT molecular complexity index is 557. The fraction of sp³-hybridized carbons (Fsp3) is 0.562. The molecule has 1 fully saturated rings. The predicted octanol–water partition coefficient (Wildman–Crippen LogP) is 3.61. The molecule has 1 saturated carbocycles. The van der Waals surface area contributed by atoms with Crippen LogP contribution in [0.5, 0.6) is 0 Å². The summed E-state index contributed by atoms with van der Waals surface area (Å²) in [4.78, 5) is 12.2. The summed E-state index contributed by atoms with van der Waals surface area (Å²) in [5, 5.41) is 2.92. The van der Waals surface area contributed by atoms with E-state index in [1.807, 2.05) is 0 Å². The summed E-state index contributed by atoms with van der Waals surface area (Å²) in [6, 6.07) is 4.90. The van der Waals surface area contributed by atoms with Gasteiger partial charge in [-0.05, 0) is 43.9 Å². The predicted molar refractivity (Wildman–Crippen MR) is 85.2 cm³/mol. The first-order chi connectivity index (χ1) is 10.2. The molecule has 0 radical (unpaired) electrons. The van der Waals surface area contributed by atoms with Crippen molar-refractivity contribution in [2.45, 2.75) is 50.9 Å². The number of carbonyl (C=O) groups is 1. The normalized spacial score (nSPS) is 19.0. The Kier molecular flexibility index (Phi) is 6.10. The molecule has 2 unspecified atom stereocenters. The van der Waals surface area contributed by atoms with Gasteiger partial charge in [0.05, 0.1) is 11.1 Å². The van der Waals surface area contributed by atoms with E-state index in [2.05, 4.69) is 5.32 Å². The van der Waals surface area contributed by atoms with Crippen molar-refractivity contribution >= 4 is 18.3 Å². The molecule has 2 rings (SSSR count). The number of benzene rings is 1. The van der Waals surface area contributed by atoms with Gasteiger partial charge in [-0.25, -0.2) is 0 Å². The number of nitrogens with one attached hydrogen (secondary N) is 1. The maximum atomic E-state index is 12.9. The van der Waals surface area contributed by atoms with Crippen LogP contribution in [0.3, 0.4) is 0 Å². The van der Waals surface area contributed by atoms with Gasteiger partial charge < -0.3 is 11.1 Å². The second-order valence-electron chi connectivity index (χ2n) is 6.15. The van der Waals surface area contributed by atoms with Crippen LogP contribution in [0, 0.1) is 5.92 Å². The molecule has 0 bridgehead atoms. The first-order valence-electron chi connectivity index (χ1n) is 7.41. The Labute approximate surface area is 140 Å². The number of nitrogens with two attached hydrogens (primary N) is 1. The van der Waals surface area contributed by atoms with Crippen molar-refractivity contribution in [3.63, 3.8) is 0 Å². The lowest BCUT2D eigenvalue weighted by molar-refractivity contribution is -0.137. The Hall–Kier alpha value is -1.27. The standard InChI is InChI=1S/C16H21F3N2O.ClH/c1-10(11(2)20)14(22)21-15(7-4-8-15)12-5-3-6-13(9-12)16(17,18)19;/h3,5-6,9-11H,4,7-8,20H2,1-2H3,(H,21,22);1H. The van der Waals surface area contributed by atoms with Crippen molar-refractivity contribution in [3.8, 4) is 0 Å². The Morgan fingerprint density at radius 3 is 2.35 bits per heavy atom. The van der Waals surface area contributed by atoms with E-state index in [1.165, 1.54) is 6.07 Å². The van der Waals surface area contributed by atoms with Gasteiger partial charge in [0.25, 0.3) is 0 Å². The SMILES string of the molecule is CC(N)C(C)C(=O)NC1(c2cccc(C(F)(F)F)c2)CCC1.Cl. The van der Waals surface area contributed by atoms with E-state index in [4.69, 9.17) is 5.73 Å². The third-order valence-electron chi connectivity index (χ3n) is 4.51. The van der Waals surface area contributed by atoms with Crippen LogP contribution in [0.25, 0.3) is 0 Å². The minimum absolute atomic E-state index is 0. The van der Waals surface area contributed by atoms with Crippen LogP contribution >= 0.6 is 12.4 Å². The first kappa shape index (κ1) is 19.8. The summed E-state index contributed by atoms with van der Waals surface area (Å²) >= 11 is 0. The van der Waals surface area contributed by atoms with Crippen LogP contribution in [0.4, 0.5) is 13.2 Å². The van der Waals surface area contributed by atoms with Crippen molar-refractivity contribution in [3.05, 3.63) is 35.4 Å². The van der Waals surface area contributed by atoms with E-state index in [1.54, 1.807) is 19.9 Å². The molecule has 0 aliphatic heterocycles. The second-order valence-corrected chi connectivity index (χ2v) is 6.15. The van der Waals surface area contributed by atoms with Gasteiger partial charge in [0, 0.05) is 12.0 Å². The molecule has 1 aliphatic carbocycles. The highest BCUT2D eigenvalue weighted by Gasteiger charge is 2.42. The molecule has 3 nitrogen and oxygen atoms in total. The first-order valence-corrected chi connectivity index (χ1v) is 7.41. The number of alkyl halides is 3. The number of carbonyl (C=O) groups excluding carboxylic acids is 1. The number of hydrogen-bond acceptors (Lipinski definition) is 2. The third kappa shape index (κ3) is 4.18. The average molecular weight is 351 g/mol. The summed E-state index contributed by atoms with van der Waals surface area (Å²) in [5.41, 5.74) is 4.86. The molecule has 130 valence electrons. The molecule has 0 spiro atoms. The summed E-state index contributed by atoms with van der Waals surface area (Å²) < 4.78 is 38.6. The third-order valence-corrected chi connectivity index (χ3v) is 4.51. The van der Waals surface area contributed by atoms with Crippen molar-refractivity contribution in [2.24, 2.45) is 11.7 Å². The van der Waals surface area contributed by atoms with Gasteiger partial charge in [0.15, 0.2) is 0 Å². The fourth-order valence-corrected chi connectivity index (χ4v) is 2.60. The quantitative estimate of drug-likeness (QED) is 0.871. The van der Waals surface area contributed by atoms with E-state index in [9.17, 15) is 18.0 Å². The number of halogens is 4. The van der Waals surface area contributed by atoms with Gasteiger partial charge in [0.1, 0.15) is 0 Å². The van der Waals surface area contributed by atoms with Crippen LogP contribution in [0.1, 0.15) is 44.2 Å². The Morgan fingerprint density at radius 2 is 1.91 bits per heavy atom. The highest BCUT2D eigenvalue weighted by atomic mass is 35.5. The van der Waals surface area contributed by atoms with Crippen molar-refractivity contribution in [1.29, 1.82) is 0 Å². The van der Waals surface area contributed by atoms with Gasteiger partial charge in [-0.3, -0.25) is 4.79 Å². The highest BCUT2D eigenvalue weighted by molar-refractivity contribution is 5.85. The van der Waals surface area contributed by atoms with Crippen LogP contribution in [0.15, 0.2) is 24.3 Å². The molecule has 1 aromatic carbocycles. The van der Waals surface area contributed by atoms with Crippen molar-refractivity contribution in [2.75, 3.05) is 0 Å². The van der Waals surface area contributed by atoms with Gasteiger partial charge in [-0.15, -0.1) is 12.4 Å². The minimum atomic E-state index is -4.38. The second kappa shape index (κ2) is 7.09. The lowest BCUT2D eigenvalue weighted by Gasteiger charge is -2.44. The number of amides is 1. The molecular formula is C16H22ClF3N2O. The van der Waals surface area contributed by atoms with Crippen LogP contribution < -0.4 is 11.1 Å². The van der Waals surface area contributed by atoms with Crippen molar-refractivity contribution < 1.29 is 18.0 Å². The highest BCUT2D eigenvalue weighted by Crippen LogP contribution is 2.43. The molecule has 1 aliphatic rings. The molecule has 0 heterocycles. The molecule has 1 amide bonds. The van der Waals surface area contributed by atoms with E-state index in [-0.39, 0.29) is 30.3 Å².